The van der Waals surface area contributed by atoms with Crippen molar-refractivity contribution in [2.24, 2.45) is 0 Å². The molecule has 5 heteroatoms. The molecule has 1 unspecified atom stereocenters. The molecule has 1 saturated heterocycles. The predicted octanol–water partition coefficient (Wildman–Crippen LogP) is 4.71. The highest BCUT2D eigenvalue weighted by Gasteiger charge is 2.38. The van der Waals surface area contributed by atoms with Gasteiger partial charge in [0.05, 0.1) is 9.95 Å². The molecule has 0 aliphatic carbocycles. The Morgan fingerprint density at radius 2 is 1.96 bits per heavy atom. The molecule has 4 rings (SSSR count). The standard InChI is InChI=1S/C18H12N2OS2/c19-17-15(18-20-8-9-22-18)16(21)14(23-17)10-12-6-3-5-11-4-1-2-7-13(11)12/h1-10,15,19H. The number of benzene rings is 2. The molecule has 0 saturated carbocycles. The number of rotatable bonds is 2. The number of nitrogens with one attached hydrogen (secondary N) is 1. The lowest BCUT2D eigenvalue weighted by molar-refractivity contribution is -0.114. The van der Waals surface area contributed by atoms with Crippen molar-refractivity contribution in [2.45, 2.75) is 5.92 Å². The lowest BCUT2D eigenvalue weighted by Crippen LogP contribution is -2.11. The number of hydrogen-bond acceptors (Lipinski definition) is 5. The van der Waals surface area contributed by atoms with E-state index >= 15 is 0 Å². The third-order valence-electron chi connectivity index (χ3n) is 3.80. The van der Waals surface area contributed by atoms with Crippen LogP contribution in [-0.4, -0.2) is 15.8 Å². The van der Waals surface area contributed by atoms with Crippen molar-refractivity contribution < 1.29 is 4.79 Å². The van der Waals surface area contributed by atoms with Crippen LogP contribution in [0.1, 0.15) is 16.5 Å². The number of thiazole rings is 1. The van der Waals surface area contributed by atoms with Gasteiger partial charge in [-0.15, -0.1) is 11.3 Å². The Labute approximate surface area is 141 Å². The van der Waals surface area contributed by atoms with Gasteiger partial charge in [-0.1, -0.05) is 54.2 Å². The van der Waals surface area contributed by atoms with Gasteiger partial charge in [0, 0.05) is 11.6 Å². The van der Waals surface area contributed by atoms with Crippen LogP contribution in [-0.2, 0) is 4.79 Å². The lowest BCUT2D eigenvalue weighted by atomic mass is 10.0. The maximum absolute atomic E-state index is 12.7. The first kappa shape index (κ1) is 14.4. The molecule has 112 valence electrons. The fraction of sp³-hybridized carbons (Fsp3) is 0.0556. The van der Waals surface area contributed by atoms with E-state index in [-0.39, 0.29) is 5.78 Å². The van der Waals surface area contributed by atoms with Gasteiger partial charge in [0.25, 0.3) is 0 Å². The van der Waals surface area contributed by atoms with Crippen molar-refractivity contribution in [1.82, 2.24) is 4.98 Å². The lowest BCUT2D eigenvalue weighted by Gasteiger charge is -2.03. The minimum Gasteiger partial charge on any atom is -0.297 e. The minimum absolute atomic E-state index is 0.0251. The van der Waals surface area contributed by atoms with Gasteiger partial charge < -0.3 is 0 Å². The molecule has 23 heavy (non-hydrogen) atoms. The first-order valence-electron chi connectivity index (χ1n) is 7.13. The van der Waals surface area contributed by atoms with Crippen LogP contribution in [0.4, 0.5) is 0 Å². The number of hydrogen-bond donors (Lipinski definition) is 1. The Morgan fingerprint density at radius 1 is 1.13 bits per heavy atom. The highest BCUT2D eigenvalue weighted by molar-refractivity contribution is 8.19. The maximum Gasteiger partial charge on any atom is 0.186 e. The van der Waals surface area contributed by atoms with Gasteiger partial charge >= 0.3 is 0 Å². The number of nitrogens with zero attached hydrogens (tertiary/aromatic N) is 1. The van der Waals surface area contributed by atoms with E-state index in [0.717, 1.165) is 16.3 Å². The third-order valence-corrected chi connectivity index (χ3v) is 5.63. The summed E-state index contributed by atoms with van der Waals surface area (Å²) in [5.41, 5.74) is 1.01. The van der Waals surface area contributed by atoms with Crippen LogP contribution < -0.4 is 0 Å². The van der Waals surface area contributed by atoms with Gasteiger partial charge in [-0.05, 0) is 22.4 Å². The molecule has 3 nitrogen and oxygen atoms in total. The SMILES string of the molecule is N=C1SC(=Cc2cccc3ccccc23)C(=O)C1c1nccs1. The zero-order valence-electron chi connectivity index (χ0n) is 12.0. The van der Waals surface area contributed by atoms with Crippen LogP contribution in [0.15, 0.2) is 58.9 Å². The number of fused-ring (bicyclic) bond motifs is 1. The van der Waals surface area contributed by atoms with Crippen molar-refractivity contribution in [3.63, 3.8) is 0 Å². The van der Waals surface area contributed by atoms with E-state index in [2.05, 4.69) is 23.2 Å². The number of ketones is 1. The molecule has 3 aromatic rings. The maximum atomic E-state index is 12.7. The van der Waals surface area contributed by atoms with E-state index in [9.17, 15) is 4.79 Å². The molecule has 2 aromatic carbocycles. The zero-order valence-corrected chi connectivity index (χ0v) is 13.7. The Hall–Kier alpha value is -2.24. The van der Waals surface area contributed by atoms with E-state index in [1.165, 1.54) is 23.1 Å². The van der Waals surface area contributed by atoms with Crippen molar-refractivity contribution in [2.75, 3.05) is 0 Å². The molecule has 1 aliphatic rings. The molecule has 0 bridgehead atoms. The van der Waals surface area contributed by atoms with Crippen molar-refractivity contribution >= 4 is 50.8 Å². The first-order valence-corrected chi connectivity index (χ1v) is 8.83. The monoisotopic (exact) mass is 336 g/mol. The number of carbonyl (C=O) groups is 1. The zero-order chi connectivity index (χ0) is 15.8. The van der Waals surface area contributed by atoms with Crippen LogP contribution in [0.25, 0.3) is 16.8 Å². The number of allylic oxidation sites excluding steroid dienone is 1. The van der Waals surface area contributed by atoms with Crippen molar-refractivity contribution in [1.29, 1.82) is 5.41 Å². The summed E-state index contributed by atoms with van der Waals surface area (Å²) in [5.74, 6) is -0.552. The summed E-state index contributed by atoms with van der Waals surface area (Å²) in [6, 6.07) is 14.2. The molecular formula is C18H12N2OS2. The number of Topliss-reactive ketones (excluding diaryl/α,β-unsaturated/α-hetero) is 1. The van der Waals surface area contributed by atoms with Gasteiger partial charge in [-0.2, -0.15) is 0 Å². The smallest absolute Gasteiger partial charge is 0.186 e. The average Bonchev–Trinajstić information content (AvgIpc) is 3.17. The normalized spacial score (nSPS) is 19.8. The second kappa shape index (κ2) is 5.76. The fourth-order valence-corrected chi connectivity index (χ4v) is 4.50. The fourth-order valence-electron chi connectivity index (χ4n) is 2.71. The number of thioether (sulfide) groups is 1. The van der Waals surface area contributed by atoms with Crippen LogP contribution >= 0.6 is 23.1 Å². The quantitative estimate of drug-likeness (QED) is 0.689. The van der Waals surface area contributed by atoms with E-state index in [0.29, 0.717) is 15.0 Å². The predicted molar refractivity (Wildman–Crippen MR) is 97.1 cm³/mol. The van der Waals surface area contributed by atoms with Crippen LogP contribution in [0.5, 0.6) is 0 Å². The van der Waals surface area contributed by atoms with Gasteiger partial charge in [0.15, 0.2) is 5.78 Å². The highest BCUT2D eigenvalue weighted by atomic mass is 32.2. The molecule has 0 radical (unpaired) electrons. The molecule has 1 aliphatic heterocycles. The number of carbonyl (C=O) groups excluding carboxylic acids is 1. The molecular weight excluding hydrogens is 324 g/mol. The summed E-state index contributed by atoms with van der Waals surface area (Å²) in [5, 5.41) is 13.3. The molecule has 0 spiro atoms. The molecule has 2 heterocycles. The first-order chi connectivity index (χ1) is 11.2. The molecule has 1 fully saturated rings. The average molecular weight is 336 g/mol. The van der Waals surface area contributed by atoms with Crippen LogP contribution in [0, 0.1) is 5.41 Å². The minimum atomic E-state index is -0.527. The highest BCUT2D eigenvalue weighted by Crippen LogP contribution is 2.41. The molecule has 1 aromatic heterocycles. The third kappa shape index (κ3) is 2.52. The summed E-state index contributed by atoms with van der Waals surface area (Å²) >= 11 is 2.67. The summed E-state index contributed by atoms with van der Waals surface area (Å²) in [7, 11) is 0. The Kier molecular flexibility index (Phi) is 3.59. The van der Waals surface area contributed by atoms with Crippen molar-refractivity contribution in [3.8, 4) is 0 Å². The summed E-state index contributed by atoms with van der Waals surface area (Å²) in [6.45, 7) is 0. The Morgan fingerprint density at radius 3 is 2.78 bits per heavy atom. The second-order valence-electron chi connectivity index (χ2n) is 5.21. The largest absolute Gasteiger partial charge is 0.297 e. The van der Waals surface area contributed by atoms with E-state index in [1.807, 2.05) is 35.7 Å². The summed E-state index contributed by atoms with van der Waals surface area (Å²) < 4.78 is 0. The van der Waals surface area contributed by atoms with Gasteiger partial charge in [-0.3, -0.25) is 10.2 Å². The Bertz CT molecular complexity index is 939. The summed E-state index contributed by atoms with van der Waals surface area (Å²) in [6.07, 6.45) is 3.58. The van der Waals surface area contributed by atoms with E-state index < -0.39 is 5.92 Å². The topological polar surface area (TPSA) is 53.8 Å². The van der Waals surface area contributed by atoms with Gasteiger partial charge in [0.1, 0.15) is 10.9 Å². The van der Waals surface area contributed by atoms with Crippen LogP contribution in [0.2, 0.25) is 0 Å². The Balaban J connectivity index is 1.77. The van der Waals surface area contributed by atoms with Gasteiger partial charge in [0.2, 0.25) is 0 Å². The molecule has 1 N–H and O–H groups in total. The second-order valence-corrected chi connectivity index (χ2v) is 7.22. The number of aromatic nitrogens is 1. The van der Waals surface area contributed by atoms with Crippen LogP contribution in [0.3, 0.4) is 0 Å². The molecule has 0 amide bonds. The summed E-state index contributed by atoms with van der Waals surface area (Å²) in [4.78, 5) is 17.5. The molecule has 1 atom stereocenters. The van der Waals surface area contributed by atoms with Crippen molar-refractivity contribution in [3.05, 3.63) is 69.5 Å². The van der Waals surface area contributed by atoms with Gasteiger partial charge in [-0.25, -0.2) is 4.98 Å². The van der Waals surface area contributed by atoms with E-state index in [1.54, 1.807) is 6.20 Å². The van der Waals surface area contributed by atoms with E-state index in [4.69, 9.17) is 5.41 Å².